The summed E-state index contributed by atoms with van der Waals surface area (Å²) in [6.45, 7) is 4.60. The van der Waals surface area contributed by atoms with Crippen LogP contribution in [-0.2, 0) is 0 Å². The minimum atomic E-state index is 0.298. The van der Waals surface area contributed by atoms with E-state index >= 15 is 0 Å². The number of nitrogens with zero attached hydrogens (tertiary/aromatic N) is 1. The molecule has 17 heavy (non-hydrogen) atoms. The van der Waals surface area contributed by atoms with E-state index in [2.05, 4.69) is 18.8 Å². The molecule has 1 saturated carbocycles. The number of fused-ring (bicyclic) bond motifs is 1. The van der Waals surface area contributed by atoms with E-state index in [9.17, 15) is 0 Å². The first kappa shape index (κ1) is 10.6. The maximum atomic E-state index is 5.88. The van der Waals surface area contributed by atoms with Gasteiger partial charge in [-0.2, -0.15) is 0 Å². The van der Waals surface area contributed by atoms with Gasteiger partial charge in [0.2, 0.25) is 0 Å². The second kappa shape index (κ2) is 3.49. The highest BCUT2D eigenvalue weighted by Gasteiger charge is 2.38. The fraction of sp³-hybridized carbons (Fsp3) is 0.500. The number of anilines is 1. The molecule has 0 aliphatic heterocycles. The number of hydrogen-bond acceptors (Lipinski definition) is 3. The van der Waals surface area contributed by atoms with Gasteiger partial charge in [-0.1, -0.05) is 20.3 Å². The molecule has 1 heterocycles. The third-order valence-electron chi connectivity index (χ3n) is 3.98. The van der Waals surface area contributed by atoms with E-state index in [0.717, 1.165) is 22.7 Å². The number of benzene rings is 1. The molecular formula is C14H18N2O. The molecule has 1 atom stereocenters. The zero-order valence-electron chi connectivity index (χ0n) is 10.4. The van der Waals surface area contributed by atoms with Gasteiger partial charge in [0.1, 0.15) is 5.52 Å². The average molecular weight is 230 g/mol. The van der Waals surface area contributed by atoms with Crippen molar-refractivity contribution in [2.24, 2.45) is 5.41 Å². The highest BCUT2D eigenvalue weighted by Crippen LogP contribution is 2.48. The zero-order valence-corrected chi connectivity index (χ0v) is 10.4. The number of aromatic nitrogens is 1. The summed E-state index contributed by atoms with van der Waals surface area (Å²) < 4.78 is 5.88. The molecule has 90 valence electrons. The molecule has 0 spiro atoms. The molecule has 2 aromatic rings. The maximum Gasteiger partial charge on any atom is 0.199 e. The van der Waals surface area contributed by atoms with E-state index in [1.807, 2.05) is 18.2 Å². The molecule has 1 unspecified atom stereocenters. The lowest BCUT2D eigenvalue weighted by Gasteiger charge is -2.23. The van der Waals surface area contributed by atoms with Crippen LogP contribution >= 0.6 is 0 Å². The Bertz CT molecular complexity index is 556. The monoisotopic (exact) mass is 230 g/mol. The Balaban J connectivity index is 2.06. The summed E-state index contributed by atoms with van der Waals surface area (Å²) in [4.78, 5) is 4.61. The van der Waals surface area contributed by atoms with Gasteiger partial charge in [-0.25, -0.2) is 4.98 Å². The summed E-state index contributed by atoms with van der Waals surface area (Å²) in [7, 11) is 0. The van der Waals surface area contributed by atoms with Crippen molar-refractivity contribution in [3.05, 3.63) is 24.1 Å². The smallest absolute Gasteiger partial charge is 0.199 e. The zero-order chi connectivity index (χ0) is 12.0. The summed E-state index contributed by atoms with van der Waals surface area (Å²) >= 11 is 0. The number of nitrogen functional groups attached to an aromatic ring is 1. The summed E-state index contributed by atoms with van der Waals surface area (Å²) in [5, 5.41) is 0. The number of oxazole rings is 1. The Kier molecular flexibility index (Phi) is 2.18. The van der Waals surface area contributed by atoms with Crippen LogP contribution in [0.2, 0.25) is 0 Å². The lowest BCUT2D eigenvalue weighted by Crippen LogP contribution is -2.15. The van der Waals surface area contributed by atoms with Gasteiger partial charge in [0.05, 0.1) is 0 Å². The Morgan fingerprint density at radius 1 is 1.41 bits per heavy atom. The van der Waals surface area contributed by atoms with Crippen molar-refractivity contribution in [2.75, 3.05) is 5.73 Å². The highest BCUT2D eigenvalue weighted by atomic mass is 16.3. The fourth-order valence-corrected chi connectivity index (χ4v) is 2.89. The first-order valence-corrected chi connectivity index (χ1v) is 6.22. The van der Waals surface area contributed by atoms with Crippen LogP contribution in [0.3, 0.4) is 0 Å². The van der Waals surface area contributed by atoms with Gasteiger partial charge >= 0.3 is 0 Å². The lowest BCUT2D eigenvalue weighted by molar-refractivity contribution is 0.291. The number of hydrogen-bond donors (Lipinski definition) is 1. The lowest BCUT2D eigenvalue weighted by atomic mass is 9.82. The maximum absolute atomic E-state index is 5.88. The molecule has 2 N–H and O–H groups in total. The summed E-state index contributed by atoms with van der Waals surface area (Å²) in [6, 6.07) is 5.65. The van der Waals surface area contributed by atoms with E-state index in [1.54, 1.807) is 0 Å². The van der Waals surface area contributed by atoms with E-state index < -0.39 is 0 Å². The topological polar surface area (TPSA) is 52.0 Å². The van der Waals surface area contributed by atoms with Gasteiger partial charge < -0.3 is 10.2 Å². The van der Waals surface area contributed by atoms with Crippen LogP contribution < -0.4 is 5.73 Å². The quantitative estimate of drug-likeness (QED) is 0.760. The molecule has 1 aliphatic carbocycles. The van der Waals surface area contributed by atoms with Crippen molar-refractivity contribution in [2.45, 2.75) is 39.0 Å². The normalized spacial score (nSPS) is 23.3. The minimum Gasteiger partial charge on any atom is -0.440 e. The molecule has 3 nitrogen and oxygen atoms in total. The number of nitrogens with two attached hydrogens (primary N) is 1. The summed E-state index contributed by atoms with van der Waals surface area (Å²) in [5.74, 6) is 1.32. The second-order valence-corrected chi connectivity index (χ2v) is 5.71. The molecule has 3 rings (SSSR count). The predicted molar refractivity (Wildman–Crippen MR) is 68.8 cm³/mol. The summed E-state index contributed by atoms with van der Waals surface area (Å²) in [5.41, 5.74) is 8.50. The van der Waals surface area contributed by atoms with Crippen LogP contribution in [0, 0.1) is 5.41 Å². The molecule has 0 amide bonds. The number of rotatable bonds is 1. The Hall–Kier alpha value is -1.51. The molecule has 0 bridgehead atoms. The molecule has 0 radical (unpaired) electrons. The summed E-state index contributed by atoms with van der Waals surface area (Å²) in [6.07, 6.45) is 3.69. The van der Waals surface area contributed by atoms with Crippen molar-refractivity contribution in [1.82, 2.24) is 4.98 Å². The highest BCUT2D eigenvalue weighted by molar-refractivity contribution is 5.76. The van der Waals surface area contributed by atoms with Crippen LogP contribution in [0.5, 0.6) is 0 Å². The minimum absolute atomic E-state index is 0.298. The fourth-order valence-electron chi connectivity index (χ4n) is 2.89. The second-order valence-electron chi connectivity index (χ2n) is 5.71. The van der Waals surface area contributed by atoms with Crippen molar-refractivity contribution in [1.29, 1.82) is 0 Å². The van der Waals surface area contributed by atoms with Crippen molar-refractivity contribution >= 4 is 16.8 Å². The van der Waals surface area contributed by atoms with Gasteiger partial charge in [0.15, 0.2) is 11.5 Å². The van der Waals surface area contributed by atoms with Gasteiger partial charge in [0.25, 0.3) is 0 Å². The van der Waals surface area contributed by atoms with Crippen LogP contribution in [0.15, 0.2) is 22.6 Å². The first-order chi connectivity index (χ1) is 8.06. The Morgan fingerprint density at radius 3 is 2.94 bits per heavy atom. The molecule has 1 aromatic carbocycles. The van der Waals surface area contributed by atoms with Crippen molar-refractivity contribution in [3.63, 3.8) is 0 Å². The van der Waals surface area contributed by atoms with Gasteiger partial charge in [-0.3, -0.25) is 0 Å². The van der Waals surface area contributed by atoms with Crippen LogP contribution in [0.1, 0.15) is 44.9 Å². The van der Waals surface area contributed by atoms with Gasteiger partial charge in [0, 0.05) is 17.7 Å². The Labute approximate surface area is 101 Å². The van der Waals surface area contributed by atoms with Gasteiger partial charge in [-0.15, -0.1) is 0 Å². The molecule has 0 saturated heterocycles. The van der Waals surface area contributed by atoms with E-state index in [1.165, 1.54) is 19.3 Å². The third kappa shape index (κ3) is 1.70. The molecular weight excluding hydrogens is 212 g/mol. The Morgan fingerprint density at radius 2 is 2.24 bits per heavy atom. The van der Waals surface area contributed by atoms with E-state index in [4.69, 9.17) is 10.2 Å². The average Bonchev–Trinajstić information content (AvgIpc) is 2.79. The molecule has 3 heteroatoms. The molecule has 1 aromatic heterocycles. The van der Waals surface area contributed by atoms with Gasteiger partial charge in [-0.05, 0) is 30.4 Å². The SMILES string of the molecule is CC1(C)CCCC1c1nc2ccc(N)cc2o1. The molecule has 1 fully saturated rings. The standard InChI is InChI=1S/C14H18N2O/c1-14(2)7-3-4-10(14)13-16-11-6-5-9(15)8-12(11)17-13/h5-6,8,10H,3-4,7,15H2,1-2H3. The van der Waals surface area contributed by atoms with E-state index in [-0.39, 0.29) is 0 Å². The van der Waals surface area contributed by atoms with E-state index in [0.29, 0.717) is 11.3 Å². The molecule has 1 aliphatic rings. The first-order valence-electron chi connectivity index (χ1n) is 6.22. The van der Waals surface area contributed by atoms with Crippen LogP contribution in [0.25, 0.3) is 11.1 Å². The largest absolute Gasteiger partial charge is 0.440 e. The predicted octanol–water partition coefficient (Wildman–Crippen LogP) is 3.70. The third-order valence-corrected chi connectivity index (χ3v) is 3.98. The van der Waals surface area contributed by atoms with Crippen LogP contribution in [0.4, 0.5) is 5.69 Å². The van der Waals surface area contributed by atoms with Crippen molar-refractivity contribution < 1.29 is 4.42 Å². The van der Waals surface area contributed by atoms with Crippen LogP contribution in [-0.4, -0.2) is 4.98 Å². The van der Waals surface area contributed by atoms with Crippen molar-refractivity contribution in [3.8, 4) is 0 Å².